The second-order valence-corrected chi connectivity index (χ2v) is 4.91. The van der Waals surface area contributed by atoms with Crippen molar-refractivity contribution in [1.29, 1.82) is 0 Å². The molecule has 0 fully saturated rings. The second-order valence-electron chi connectivity index (χ2n) is 3.66. The standard InChI is InChI=1S/C14H18BrN/c1-4-13(11-10-12(2)15)16(3)14-8-6-5-7-9-14/h5-11H,4H2,1-3H3/b12-10+,13-11+. The summed E-state index contributed by atoms with van der Waals surface area (Å²) in [6, 6.07) is 10.4. The van der Waals surface area contributed by atoms with Crippen LogP contribution in [0.1, 0.15) is 20.3 Å². The van der Waals surface area contributed by atoms with Gasteiger partial charge in [0.2, 0.25) is 0 Å². The van der Waals surface area contributed by atoms with Gasteiger partial charge in [-0.3, -0.25) is 0 Å². The van der Waals surface area contributed by atoms with Gasteiger partial charge in [0.25, 0.3) is 0 Å². The molecule has 1 nitrogen and oxygen atoms in total. The maximum atomic E-state index is 3.44. The summed E-state index contributed by atoms with van der Waals surface area (Å²) in [6.45, 7) is 4.20. The van der Waals surface area contributed by atoms with Crippen molar-refractivity contribution in [3.8, 4) is 0 Å². The Bertz CT molecular complexity index is 375. The zero-order valence-electron chi connectivity index (χ0n) is 10.1. The molecule has 2 heteroatoms. The van der Waals surface area contributed by atoms with Crippen LogP contribution in [0.15, 0.2) is 52.7 Å². The van der Waals surface area contributed by atoms with Crippen LogP contribution in [0, 0.1) is 0 Å². The largest absolute Gasteiger partial charge is 0.348 e. The van der Waals surface area contributed by atoms with Crippen LogP contribution in [0.5, 0.6) is 0 Å². The monoisotopic (exact) mass is 279 g/mol. The summed E-state index contributed by atoms with van der Waals surface area (Å²) < 4.78 is 1.14. The number of hydrogen-bond acceptors (Lipinski definition) is 1. The number of para-hydroxylation sites is 1. The maximum Gasteiger partial charge on any atom is 0.0405 e. The van der Waals surface area contributed by atoms with Gasteiger partial charge in [0.1, 0.15) is 0 Å². The summed E-state index contributed by atoms with van der Waals surface area (Å²) in [5.41, 5.74) is 2.52. The second kappa shape index (κ2) is 6.54. The van der Waals surface area contributed by atoms with Gasteiger partial charge in [-0.1, -0.05) is 47.1 Å². The van der Waals surface area contributed by atoms with Gasteiger partial charge in [0.05, 0.1) is 0 Å². The lowest BCUT2D eigenvalue weighted by Gasteiger charge is -2.21. The molecule has 0 atom stereocenters. The number of anilines is 1. The molecule has 0 aliphatic heterocycles. The minimum Gasteiger partial charge on any atom is -0.348 e. The van der Waals surface area contributed by atoms with E-state index in [1.165, 1.54) is 11.4 Å². The Morgan fingerprint density at radius 3 is 2.38 bits per heavy atom. The van der Waals surface area contributed by atoms with Crippen molar-refractivity contribution < 1.29 is 0 Å². The van der Waals surface area contributed by atoms with E-state index in [2.05, 4.69) is 71.2 Å². The van der Waals surface area contributed by atoms with Crippen LogP contribution in [0.3, 0.4) is 0 Å². The Hall–Kier alpha value is -1.02. The molecule has 86 valence electrons. The molecule has 0 amide bonds. The molecule has 1 aromatic rings. The van der Waals surface area contributed by atoms with E-state index < -0.39 is 0 Å². The van der Waals surface area contributed by atoms with Gasteiger partial charge in [0.15, 0.2) is 0 Å². The molecule has 0 heterocycles. The summed E-state index contributed by atoms with van der Waals surface area (Å²) in [4.78, 5) is 2.21. The normalized spacial score (nSPS) is 12.8. The lowest BCUT2D eigenvalue weighted by molar-refractivity contribution is 0.977. The molecule has 1 aromatic carbocycles. The number of benzene rings is 1. The molecule has 1 rings (SSSR count). The highest BCUT2D eigenvalue weighted by atomic mass is 79.9. The van der Waals surface area contributed by atoms with Crippen molar-refractivity contribution in [1.82, 2.24) is 0 Å². The Kier molecular flexibility index (Phi) is 5.33. The first-order chi connectivity index (χ1) is 7.65. The lowest BCUT2D eigenvalue weighted by Crippen LogP contribution is -2.15. The average Bonchev–Trinajstić information content (AvgIpc) is 2.30. The van der Waals surface area contributed by atoms with Crippen molar-refractivity contribution in [3.63, 3.8) is 0 Å². The Morgan fingerprint density at radius 1 is 1.25 bits per heavy atom. The summed E-state index contributed by atoms with van der Waals surface area (Å²) in [7, 11) is 2.10. The van der Waals surface area contributed by atoms with E-state index in [1.54, 1.807) is 0 Å². The van der Waals surface area contributed by atoms with Crippen LogP contribution >= 0.6 is 15.9 Å². The predicted octanol–water partition coefficient (Wildman–Crippen LogP) is 4.72. The fourth-order valence-corrected chi connectivity index (χ4v) is 1.63. The molecule has 16 heavy (non-hydrogen) atoms. The van der Waals surface area contributed by atoms with Gasteiger partial charge in [-0.2, -0.15) is 0 Å². The summed E-state index contributed by atoms with van der Waals surface area (Å²) >= 11 is 3.44. The molecule has 0 saturated carbocycles. The van der Waals surface area contributed by atoms with Crippen LogP contribution in [0.2, 0.25) is 0 Å². The van der Waals surface area contributed by atoms with E-state index in [0.29, 0.717) is 0 Å². The summed E-state index contributed by atoms with van der Waals surface area (Å²) in [6.07, 6.45) is 5.25. The molecule has 0 spiro atoms. The Morgan fingerprint density at radius 2 is 1.88 bits per heavy atom. The quantitative estimate of drug-likeness (QED) is 0.721. The smallest absolute Gasteiger partial charge is 0.0405 e. The lowest BCUT2D eigenvalue weighted by atomic mass is 10.2. The third kappa shape index (κ3) is 3.86. The first kappa shape index (κ1) is 13.0. The van der Waals surface area contributed by atoms with E-state index in [9.17, 15) is 0 Å². The molecule has 0 aromatic heterocycles. The van der Waals surface area contributed by atoms with Gasteiger partial charge >= 0.3 is 0 Å². The Labute approximate surface area is 107 Å². The van der Waals surface area contributed by atoms with Gasteiger partial charge in [-0.05, 0) is 36.0 Å². The van der Waals surface area contributed by atoms with Gasteiger partial charge in [0, 0.05) is 18.4 Å². The molecule has 0 saturated heterocycles. The van der Waals surface area contributed by atoms with E-state index in [0.717, 1.165) is 10.9 Å². The first-order valence-corrected chi connectivity index (χ1v) is 6.26. The molecular formula is C14H18BrN. The number of rotatable bonds is 4. The van der Waals surface area contributed by atoms with Crippen LogP contribution in [0.25, 0.3) is 0 Å². The van der Waals surface area contributed by atoms with Crippen LogP contribution < -0.4 is 4.90 Å². The fraction of sp³-hybridized carbons (Fsp3) is 0.286. The third-order valence-corrected chi connectivity index (χ3v) is 2.71. The topological polar surface area (TPSA) is 3.24 Å². The highest BCUT2D eigenvalue weighted by molar-refractivity contribution is 9.11. The molecule has 0 bridgehead atoms. The highest BCUT2D eigenvalue weighted by Gasteiger charge is 2.03. The highest BCUT2D eigenvalue weighted by Crippen LogP contribution is 2.19. The van der Waals surface area contributed by atoms with Crippen LogP contribution in [-0.4, -0.2) is 7.05 Å². The Balaban J connectivity index is 2.90. The molecule has 0 N–H and O–H groups in total. The number of nitrogens with zero attached hydrogens (tertiary/aromatic N) is 1. The summed E-state index contributed by atoms with van der Waals surface area (Å²) in [5.74, 6) is 0. The SMILES string of the molecule is CC/C(=C\C=C(/C)Br)N(C)c1ccccc1. The van der Waals surface area contributed by atoms with Gasteiger partial charge in [-0.25, -0.2) is 0 Å². The summed E-state index contributed by atoms with van der Waals surface area (Å²) in [5, 5.41) is 0. The zero-order valence-corrected chi connectivity index (χ0v) is 11.7. The fourth-order valence-electron chi connectivity index (χ4n) is 1.50. The van der Waals surface area contributed by atoms with E-state index in [-0.39, 0.29) is 0 Å². The number of halogens is 1. The molecule has 0 aliphatic carbocycles. The molecular weight excluding hydrogens is 262 g/mol. The van der Waals surface area contributed by atoms with Crippen molar-refractivity contribution >= 4 is 21.6 Å². The predicted molar refractivity (Wildman–Crippen MR) is 75.9 cm³/mol. The molecule has 0 radical (unpaired) electrons. The van der Waals surface area contributed by atoms with Crippen molar-refractivity contribution in [2.24, 2.45) is 0 Å². The van der Waals surface area contributed by atoms with Gasteiger partial charge < -0.3 is 4.90 Å². The minimum atomic E-state index is 1.02. The number of hydrogen-bond donors (Lipinski definition) is 0. The first-order valence-electron chi connectivity index (χ1n) is 5.47. The maximum absolute atomic E-state index is 3.44. The molecule has 0 aliphatic rings. The number of allylic oxidation sites excluding steroid dienone is 4. The zero-order chi connectivity index (χ0) is 12.0. The van der Waals surface area contributed by atoms with Gasteiger partial charge in [-0.15, -0.1) is 0 Å². The minimum absolute atomic E-state index is 1.02. The van der Waals surface area contributed by atoms with Crippen molar-refractivity contribution in [2.45, 2.75) is 20.3 Å². The van der Waals surface area contributed by atoms with E-state index in [4.69, 9.17) is 0 Å². The third-order valence-electron chi connectivity index (χ3n) is 2.44. The van der Waals surface area contributed by atoms with E-state index in [1.807, 2.05) is 13.0 Å². The molecule has 0 unspecified atom stereocenters. The van der Waals surface area contributed by atoms with Crippen molar-refractivity contribution in [2.75, 3.05) is 11.9 Å². The van der Waals surface area contributed by atoms with Crippen LogP contribution in [-0.2, 0) is 0 Å². The van der Waals surface area contributed by atoms with Crippen molar-refractivity contribution in [3.05, 3.63) is 52.7 Å². The van der Waals surface area contributed by atoms with E-state index >= 15 is 0 Å². The average molecular weight is 280 g/mol. The van der Waals surface area contributed by atoms with Crippen LogP contribution in [0.4, 0.5) is 5.69 Å².